The van der Waals surface area contributed by atoms with E-state index in [1.54, 1.807) is 0 Å². The van der Waals surface area contributed by atoms with Crippen LogP contribution in [0.1, 0.15) is 27.0 Å². The minimum atomic E-state index is -6.55. The molecule has 1 aromatic rings. The summed E-state index contributed by atoms with van der Waals surface area (Å²) in [6.07, 6.45) is -11.3. The quantitative estimate of drug-likeness (QED) is 0.320. The second kappa shape index (κ2) is 8.21. The third-order valence-electron chi connectivity index (χ3n) is 3.41. The van der Waals surface area contributed by atoms with Crippen LogP contribution in [-0.2, 0) is 33.8 Å². The molecule has 0 aromatic heterocycles. The summed E-state index contributed by atoms with van der Waals surface area (Å²) >= 11 is 0. The topological polar surface area (TPSA) is 80.7 Å². The van der Waals surface area contributed by atoms with Crippen LogP contribution in [0.4, 0.5) is 22.0 Å². The number of ether oxygens (including phenoxy) is 1. The number of benzene rings is 1. The molecule has 0 fully saturated rings. The Morgan fingerprint density at radius 1 is 1.04 bits per heavy atom. The van der Waals surface area contributed by atoms with Crippen molar-refractivity contribution in [3.05, 3.63) is 34.4 Å². The molecule has 0 saturated heterocycles. The molecule has 1 unspecified atom stereocenters. The molecule has 0 amide bonds. The van der Waals surface area contributed by atoms with Gasteiger partial charge < -0.3 is 4.74 Å². The van der Waals surface area contributed by atoms with E-state index in [-0.39, 0.29) is 17.4 Å². The van der Waals surface area contributed by atoms with Gasteiger partial charge in [0.15, 0.2) is 0 Å². The Morgan fingerprint density at radius 3 is 1.78 bits per heavy atom. The Labute approximate surface area is 155 Å². The summed E-state index contributed by atoms with van der Waals surface area (Å²) in [7, 11) is 9.70. The molecule has 142 valence electrons. The Balaban J connectivity index is 3.48. The monoisotopic (exact) mass is 406 g/mol. The van der Waals surface area contributed by atoms with Crippen LogP contribution in [0.25, 0.3) is 0 Å². The van der Waals surface area contributed by atoms with Gasteiger partial charge in [-0.1, -0.05) is 36.7 Å². The lowest BCUT2D eigenvalue weighted by Gasteiger charge is -2.27. The van der Waals surface area contributed by atoms with Crippen LogP contribution >= 0.6 is 0 Å². The van der Waals surface area contributed by atoms with Gasteiger partial charge in [0.2, 0.25) is 0 Å². The van der Waals surface area contributed by atoms with Crippen LogP contribution < -0.4 is 0 Å². The molecule has 27 heavy (non-hydrogen) atoms. The number of rotatable bonds is 7. The maximum atomic E-state index is 13.5. The zero-order valence-corrected chi connectivity index (χ0v) is 14.3. The van der Waals surface area contributed by atoms with E-state index in [1.165, 1.54) is 12.1 Å². The third-order valence-corrected chi connectivity index (χ3v) is 4.31. The highest BCUT2D eigenvalue weighted by Crippen LogP contribution is 2.38. The van der Waals surface area contributed by atoms with Crippen LogP contribution in [0.15, 0.2) is 12.1 Å². The number of esters is 1. The SMILES string of the molecule is [B]Cc1cc(C[B])c(C(=O)OC(C(F)(F)F)C(F)(F)S(=O)(=O)O)c(C[B])c1. The molecule has 1 atom stereocenters. The number of carbonyl (C=O) groups excluding carboxylic acids is 1. The fourth-order valence-electron chi connectivity index (χ4n) is 2.17. The van der Waals surface area contributed by atoms with Gasteiger partial charge in [-0.2, -0.15) is 30.4 Å². The Bertz CT molecular complexity index is 788. The van der Waals surface area contributed by atoms with Gasteiger partial charge in [0.25, 0.3) is 6.10 Å². The summed E-state index contributed by atoms with van der Waals surface area (Å²) in [6, 6.07) is 2.47. The van der Waals surface area contributed by atoms with Gasteiger partial charge in [0.05, 0.1) is 29.1 Å². The van der Waals surface area contributed by atoms with Gasteiger partial charge in [-0.15, -0.1) is 0 Å². The van der Waals surface area contributed by atoms with Gasteiger partial charge in [0, 0.05) is 0 Å². The van der Waals surface area contributed by atoms with E-state index in [0.29, 0.717) is 5.56 Å². The molecule has 0 saturated carbocycles. The molecule has 0 bridgehead atoms. The first-order valence-corrected chi connectivity index (χ1v) is 8.52. The molecule has 1 aromatic carbocycles. The van der Waals surface area contributed by atoms with E-state index in [2.05, 4.69) is 4.74 Å². The molecule has 5 nitrogen and oxygen atoms in total. The highest BCUT2D eigenvalue weighted by atomic mass is 32.2. The molecule has 1 N–H and O–H groups in total. The number of hydrogen-bond donors (Lipinski definition) is 1. The van der Waals surface area contributed by atoms with Crippen LogP contribution in [0, 0.1) is 0 Å². The second-order valence-corrected chi connectivity index (χ2v) is 6.76. The van der Waals surface area contributed by atoms with E-state index >= 15 is 0 Å². The molecule has 0 heterocycles. The van der Waals surface area contributed by atoms with Gasteiger partial charge in [-0.25, -0.2) is 4.79 Å². The summed E-state index contributed by atoms with van der Waals surface area (Å²) in [5, 5.41) is -5.84. The average Bonchev–Trinajstić information content (AvgIpc) is 2.55. The summed E-state index contributed by atoms with van der Waals surface area (Å²) in [5.74, 6) is -1.94. The first-order chi connectivity index (χ1) is 12.2. The van der Waals surface area contributed by atoms with Crippen molar-refractivity contribution in [2.45, 2.75) is 36.5 Å². The highest BCUT2D eigenvalue weighted by molar-refractivity contribution is 7.86. The predicted molar refractivity (Wildman–Crippen MR) is 86.6 cm³/mol. The lowest BCUT2D eigenvalue weighted by atomic mass is 9.82. The summed E-state index contributed by atoms with van der Waals surface area (Å²) < 4.78 is 99.3. The molecule has 0 aliphatic rings. The first-order valence-electron chi connectivity index (χ1n) is 7.08. The maximum absolute atomic E-state index is 13.5. The van der Waals surface area contributed by atoms with Crippen molar-refractivity contribution in [1.82, 2.24) is 0 Å². The van der Waals surface area contributed by atoms with Crippen molar-refractivity contribution in [3.63, 3.8) is 0 Å². The predicted octanol–water partition coefficient (Wildman–Crippen LogP) is 1.26. The molecule has 14 heteroatoms. The molecular weight excluding hydrogens is 396 g/mol. The standard InChI is InChI=1S/C13H10B3F5O5S/c14-3-6-1-7(4-15)9(8(2-6)5-16)10(22)26-11(12(17,18)19)13(20,21)27(23,24)25/h1-2,11H,3-5H2,(H,23,24,25). The third kappa shape index (κ3) is 5.04. The van der Waals surface area contributed by atoms with Crippen LogP contribution in [-0.4, -0.2) is 60.0 Å². The number of hydrogen-bond acceptors (Lipinski definition) is 4. The van der Waals surface area contributed by atoms with E-state index < -0.39 is 51.8 Å². The van der Waals surface area contributed by atoms with Crippen molar-refractivity contribution in [1.29, 1.82) is 0 Å². The average molecular weight is 406 g/mol. The van der Waals surface area contributed by atoms with Crippen molar-refractivity contribution >= 4 is 39.6 Å². The van der Waals surface area contributed by atoms with Gasteiger partial charge in [-0.05, 0) is 11.1 Å². The minimum Gasteiger partial charge on any atom is -0.441 e. The van der Waals surface area contributed by atoms with E-state index in [9.17, 15) is 35.2 Å². The summed E-state index contributed by atoms with van der Waals surface area (Å²) in [6.45, 7) is 0. The molecule has 6 radical (unpaired) electrons. The fraction of sp³-hybridized carbons (Fsp3) is 0.462. The largest absolute Gasteiger partial charge is 0.441 e. The van der Waals surface area contributed by atoms with Gasteiger partial charge in [0.1, 0.15) is 0 Å². The van der Waals surface area contributed by atoms with Crippen molar-refractivity contribution in [3.8, 4) is 0 Å². The van der Waals surface area contributed by atoms with E-state index in [0.717, 1.165) is 0 Å². The summed E-state index contributed by atoms with van der Waals surface area (Å²) in [4.78, 5) is 12.2. The van der Waals surface area contributed by atoms with E-state index in [1.807, 2.05) is 0 Å². The van der Waals surface area contributed by atoms with Crippen molar-refractivity contribution in [2.75, 3.05) is 0 Å². The smallest absolute Gasteiger partial charge is 0.432 e. The van der Waals surface area contributed by atoms with E-state index in [4.69, 9.17) is 28.1 Å². The van der Waals surface area contributed by atoms with Gasteiger partial charge >= 0.3 is 27.5 Å². The van der Waals surface area contributed by atoms with Gasteiger partial charge in [-0.3, -0.25) is 4.55 Å². The number of alkyl halides is 5. The van der Waals surface area contributed by atoms with Crippen molar-refractivity contribution < 1.29 is 44.5 Å². The second-order valence-electron chi connectivity index (χ2n) is 5.27. The maximum Gasteiger partial charge on any atom is 0.432 e. The van der Waals surface area contributed by atoms with Crippen LogP contribution in [0.5, 0.6) is 0 Å². The zero-order valence-electron chi connectivity index (χ0n) is 13.5. The minimum absolute atomic E-state index is 0.0403. The van der Waals surface area contributed by atoms with Crippen LogP contribution in [0.3, 0.4) is 0 Å². The summed E-state index contributed by atoms with van der Waals surface area (Å²) in [5.41, 5.74) is -0.417. The highest BCUT2D eigenvalue weighted by Gasteiger charge is 2.66. The lowest BCUT2D eigenvalue weighted by Crippen LogP contribution is -2.52. The Hall–Kier alpha value is -1.56. The molecule has 0 spiro atoms. The molecule has 1 rings (SSSR count). The molecule has 0 aliphatic heterocycles. The van der Waals surface area contributed by atoms with Crippen molar-refractivity contribution in [2.24, 2.45) is 0 Å². The van der Waals surface area contributed by atoms with Crippen LogP contribution in [0.2, 0.25) is 0 Å². The lowest BCUT2D eigenvalue weighted by molar-refractivity contribution is -0.248. The molecule has 0 aliphatic carbocycles. The Morgan fingerprint density at radius 2 is 1.48 bits per heavy atom. The molecular formula is C13H10B3F5O5S. The zero-order chi connectivity index (χ0) is 21.2. The fourth-order valence-corrected chi connectivity index (χ4v) is 2.62. The first kappa shape index (κ1) is 23.5. The number of halogens is 5. The number of carbonyl (C=O) groups is 1. The Kier molecular flexibility index (Phi) is 7.14. The normalized spacial score (nSPS) is 14.0.